The summed E-state index contributed by atoms with van der Waals surface area (Å²) < 4.78 is 13.5. The molecule has 2 atom stereocenters. The van der Waals surface area contributed by atoms with Gasteiger partial charge in [-0.3, -0.25) is 0 Å². The molecule has 2 unspecified atom stereocenters. The Bertz CT molecular complexity index is 204. The lowest BCUT2D eigenvalue weighted by Gasteiger charge is -2.43. The zero-order chi connectivity index (χ0) is 10.7. The molecule has 96 valence electrons. The van der Waals surface area contributed by atoms with Crippen molar-refractivity contribution in [1.29, 1.82) is 0 Å². The fourth-order valence-corrected chi connectivity index (χ4v) is 3.38. The van der Waals surface area contributed by atoms with Gasteiger partial charge in [-0.1, -0.05) is 25.7 Å². The van der Waals surface area contributed by atoms with Gasteiger partial charge in [-0.05, 0) is 45.1 Å². The van der Waals surface area contributed by atoms with Crippen LogP contribution in [-0.4, -0.2) is 18.3 Å². The first-order valence-electron chi connectivity index (χ1n) is 6.60. The number of nitrogens with one attached hydrogen (secondary N) is 1. The minimum atomic E-state index is -0.570. The molecule has 0 amide bonds. The fourth-order valence-electron chi connectivity index (χ4n) is 3.38. The molecule has 1 heterocycles. The quantitative estimate of drug-likeness (QED) is 0.696. The summed E-state index contributed by atoms with van der Waals surface area (Å²) in [5, 5.41) is 3.58. The van der Waals surface area contributed by atoms with E-state index >= 15 is 0 Å². The average molecular weight is 250 g/mol. The lowest BCUT2D eigenvalue weighted by molar-refractivity contribution is 0.105. The molecule has 0 aromatic rings. The van der Waals surface area contributed by atoms with E-state index in [9.17, 15) is 4.39 Å². The van der Waals surface area contributed by atoms with Crippen molar-refractivity contribution in [2.24, 2.45) is 5.92 Å². The standard InChI is InChI=1S/C13H24FN.ClH/c1-13(10-12(14)8-9-15-13)11-6-4-2-3-5-7-11;/h11-12,15H,2-10H2,1H3;1H. The van der Waals surface area contributed by atoms with E-state index in [1.807, 2.05) is 0 Å². The van der Waals surface area contributed by atoms with E-state index in [1.165, 1.54) is 38.5 Å². The summed E-state index contributed by atoms with van der Waals surface area (Å²) in [7, 11) is 0. The molecule has 0 spiro atoms. The smallest absolute Gasteiger partial charge is 0.103 e. The van der Waals surface area contributed by atoms with E-state index in [4.69, 9.17) is 0 Å². The molecule has 2 rings (SSSR count). The van der Waals surface area contributed by atoms with Crippen LogP contribution in [0.5, 0.6) is 0 Å². The van der Waals surface area contributed by atoms with Crippen molar-refractivity contribution in [3.05, 3.63) is 0 Å². The van der Waals surface area contributed by atoms with Crippen LogP contribution in [0.2, 0.25) is 0 Å². The van der Waals surface area contributed by atoms with Gasteiger partial charge < -0.3 is 5.32 Å². The topological polar surface area (TPSA) is 12.0 Å². The zero-order valence-electron chi connectivity index (χ0n) is 10.3. The minimum absolute atomic E-state index is 0. The zero-order valence-corrected chi connectivity index (χ0v) is 11.1. The number of alkyl halides is 1. The summed E-state index contributed by atoms with van der Waals surface area (Å²) in [6.45, 7) is 3.11. The highest BCUT2D eigenvalue weighted by molar-refractivity contribution is 5.85. The van der Waals surface area contributed by atoms with Crippen LogP contribution in [0.15, 0.2) is 0 Å². The van der Waals surface area contributed by atoms with E-state index in [2.05, 4.69) is 12.2 Å². The first-order valence-corrected chi connectivity index (χ1v) is 6.60. The van der Waals surface area contributed by atoms with Crippen LogP contribution in [0.25, 0.3) is 0 Å². The van der Waals surface area contributed by atoms with Crippen LogP contribution in [-0.2, 0) is 0 Å². The van der Waals surface area contributed by atoms with Crippen molar-refractivity contribution >= 4 is 12.4 Å². The Balaban J connectivity index is 0.00000128. The third-order valence-corrected chi connectivity index (χ3v) is 4.39. The molecular formula is C13H25ClFN. The van der Waals surface area contributed by atoms with Crippen molar-refractivity contribution in [1.82, 2.24) is 5.32 Å². The highest BCUT2D eigenvalue weighted by Crippen LogP contribution is 2.36. The van der Waals surface area contributed by atoms with Gasteiger partial charge >= 0.3 is 0 Å². The molecule has 1 saturated heterocycles. The second kappa shape index (κ2) is 6.20. The maximum atomic E-state index is 13.5. The Kier molecular flexibility index (Phi) is 5.52. The van der Waals surface area contributed by atoms with Gasteiger partial charge in [-0.15, -0.1) is 12.4 Å². The Morgan fingerprint density at radius 2 is 1.69 bits per heavy atom. The summed E-state index contributed by atoms with van der Waals surface area (Å²) in [6, 6.07) is 0. The van der Waals surface area contributed by atoms with Crippen LogP contribution in [0.1, 0.15) is 58.3 Å². The van der Waals surface area contributed by atoms with Gasteiger partial charge in [0.15, 0.2) is 0 Å². The lowest BCUT2D eigenvalue weighted by Crippen LogP contribution is -2.54. The molecule has 1 aliphatic carbocycles. The van der Waals surface area contributed by atoms with E-state index in [1.54, 1.807) is 0 Å². The third-order valence-electron chi connectivity index (χ3n) is 4.39. The summed E-state index contributed by atoms with van der Waals surface area (Å²) in [5.74, 6) is 0.707. The molecule has 0 aromatic carbocycles. The molecule has 1 N–H and O–H groups in total. The Morgan fingerprint density at radius 3 is 2.25 bits per heavy atom. The summed E-state index contributed by atoms with van der Waals surface area (Å²) in [5.41, 5.74) is 0.0853. The van der Waals surface area contributed by atoms with Gasteiger partial charge in [0, 0.05) is 5.54 Å². The van der Waals surface area contributed by atoms with Gasteiger partial charge in [0.1, 0.15) is 6.17 Å². The number of piperidine rings is 1. The Hall–Kier alpha value is 0.180. The van der Waals surface area contributed by atoms with Crippen molar-refractivity contribution in [3.8, 4) is 0 Å². The SMILES string of the molecule is CC1(C2CCCCCC2)CC(F)CCN1.Cl. The maximum absolute atomic E-state index is 13.5. The summed E-state index contributed by atoms with van der Waals surface area (Å²) in [4.78, 5) is 0. The molecule has 2 aliphatic rings. The number of halogens is 2. The third kappa shape index (κ3) is 3.33. The van der Waals surface area contributed by atoms with Gasteiger partial charge in [0.25, 0.3) is 0 Å². The molecule has 0 radical (unpaired) electrons. The monoisotopic (exact) mass is 249 g/mol. The van der Waals surface area contributed by atoms with Crippen LogP contribution in [0.3, 0.4) is 0 Å². The molecular weight excluding hydrogens is 225 g/mol. The largest absolute Gasteiger partial charge is 0.311 e. The molecule has 1 saturated carbocycles. The highest BCUT2D eigenvalue weighted by Gasteiger charge is 2.38. The molecule has 3 heteroatoms. The number of rotatable bonds is 1. The van der Waals surface area contributed by atoms with Crippen LogP contribution in [0.4, 0.5) is 4.39 Å². The van der Waals surface area contributed by atoms with Gasteiger partial charge in [0.05, 0.1) is 0 Å². The molecule has 1 nitrogen and oxygen atoms in total. The molecule has 1 aliphatic heterocycles. The Morgan fingerprint density at radius 1 is 1.06 bits per heavy atom. The molecule has 16 heavy (non-hydrogen) atoms. The van der Waals surface area contributed by atoms with Crippen LogP contribution in [0, 0.1) is 5.92 Å². The van der Waals surface area contributed by atoms with Crippen LogP contribution < -0.4 is 5.32 Å². The Labute approximate surface area is 105 Å². The van der Waals surface area contributed by atoms with Crippen LogP contribution >= 0.6 is 12.4 Å². The summed E-state index contributed by atoms with van der Waals surface area (Å²) >= 11 is 0. The predicted molar refractivity (Wildman–Crippen MR) is 69.0 cm³/mol. The van der Waals surface area contributed by atoms with Crippen molar-refractivity contribution in [2.75, 3.05) is 6.54 Å². The minimum Gasteiger partial charge on any atom is -0.311 e. The van der Waals surface area contributed by atoms with Gasteiger partial charge in [-0.25, -0.2) is 4.39 Å². The number of hydrogen-bond acceptors (Lipinski definition) is 1. The first-order chi connectivity index (χ1) is 7.21. The highest BCUT2D eigenvalue weighted by atomic mass is 35.5. The van der Waals surface area contributed by atoms with E-state index < -0.39 is 6.17 Å². The first kappa shape index (κ1) is 14.2. The van der Waals surface area contributed by atoms with E-state index in [0.29, 0.717) is 12.3 Å². The average Bonchev–Trinajstić information content (AvgIpc) is 2.45. The predicted octanol–water partition coefficient (Wildman–Crippen LogP) is 3.86. The van der Waals surface area contributed by atoms with E-state index in [0.717, 1.165) is 13.0 Å². The van der Waals surface area contributed by atoms with Gasteiger partial charge in [0.2, 0.25) is 0 Å². The molecule has 2 fully saturated rings. The van der Waals surface area contributed by atoms with Gasteiger partial charge in [-0.2, -0.15) is 0 Å². The second-order valence-corrected chi connectivity index (χ2v) is 5.62. The summed E-state index contributed by atoms with van der Waals surface area (Å²) in [6.07, 6.45) is 8.93. The lowest BCUT2D eigenvalue weighted by atomic mass is 9.75. The van der Waals surface area contributed by atoms with Crippen molar-refractivity contribution in [3.63, 3.8) is 0 Å². The van der Waals surface area contributed by atoms with E-state index in [-0.39, 0.29) is 17.9 Å². The second-order valence-electron chi connectivity index (χ2n) is 5.62. The maximum Gasteiger partial charge on any atom is 0.103 e. The molecule has 0 bridgehead atoms. The van der Waals surface area contributed by atoms with Crippen molar-refractivity contribution < 1.29 is 4.39 Å². The number of hydrogen-bond donors (Lipinski definition) is 1. The van der Waals surface area contributed by atoms with Crippen molar-refractivity contribution in [2.45, 2.75) is 70.0 Å². The molecule has 0 aromatic heterocycles. The fraction of sp³-hybridized carbons (Fsp3) is 1.00. The normalized spacial score (nSPS) is 37.5.